The first-order valence-corrected chi connectivity index (χ1v) is 12.8. The molecule has 0 aliphatic carbocycles. The molecule has 4 aromatic heterocycles. The summed E-state index contributed by atoms with van der Waals surface area (Å²) in [5.74, 6) is -2.03. The highest BCUT2D eigenvalue weighted by molar-refractivity contribution is 7.21. The third-order valence-corrected chi connectivity index (χ3v) is 7.82. The highest BCUT2D eigenvalue weighted by atomic mass is 35.5. The van der Waals surface area contributed by atoms with Crippen LogP contribution in [0.4, 0.5) is 18.9 Å². The largest absolute Gasteiger partial charge is 0.433 e. The van der Waals surface area contributed by atoms with E-state index in [0.717, 1.165) is 6.07 Å². The van der Waals surface area contributed by atoms with Gasteiger partial charge >= 0.3 is 6.18 Å². The van der Waals surface area contributed by atoms with Crippen molar-refractivity contribution in [2.24, 2.45) is 11.7 Å². The van der Waals surface area contributed by atoms with Crippen molar-refractivity contribution in [3.05, 3.63) is 44.9 Å². The topological polar surface area (TPSA) is 121 Å². The van der Waals surface area contributed by atoms with Gasteiger partial charge in [0.05, 0.1) is 40.3 Å². The van der Waals surface area contributed by atoms with Crippen LogP contribution >= 0.6 is 22.9 Å². The molecule has 2 amide bonds. The van der Waals surface area contributed by atoms with Gasteiger partial charge in [-0.15, -0.1) is 11.3 Å². The number of nitrogens with two attached hydrogens (primary N) is 1. The molecule has 3 N–H and O–H groups in total. The van der Waals surface area contributed by atoms with Crippen LogP contribution in [0.5, 0.6) is 0 Å². The molecule has 1 unspecified atom stereocenters. The molecule has 4 aromatic rings. The Morgan fingerprint density at radius 2 is 1.87 bits per heavy atom. The predicted octanol–water partition coefficient (Wildman–Crippen LogP) is 5.35. The van der Waals surface area contributed by atoms with Gasteiger partial charge in [0.1, 0.15) is 15.4 Å². The van der Waals surface area contributed by atoms with Crippen molar-refractivity contribution in [1.82, 2.24) is 24.5 Å². The number of alkyl halides is 3. The van der Waals surface area contributed by atoms with Crippen molar-refractivity contribution < 1.29 is 22.8 Å². The third kappa shape index (κ3) is 4.99. The lowest BCUT2D eigenvalue weighted by Gasteiger charge is -2.15. The molecular weight excluding hydrogens is 543 g/mol. The fourth-order valence-electron chi connectivity index (χ4n) is 4.13. The summed E-state index contributed by atoms with van der Waals surface area (Å²) in [4.78, 5) is 29.2. The third-order valence-electron chi connectivity index (χ3n) is 6.17. The summed E-state index contributed by atoms with van der Waals surface area (Å²) in [5.41, 5.74) is 6.81. The molecule has 0 saturated heterocycles. The Balaban J connectivity index is 1.86. The minimum Gasteiger partial charge on any atom is -0.365 e. The maximum atomic E-state index is 13.8. The number of hydrogen-bond acceptors (Lipinski definition) is 6. The summed E-state index contributed by atoms with van der Waals surface area (Å²) in [6.45, 7) is 9.38. The van der Waals surface area contributed by atoms with Gasteiger partial charge in [0, 0.05) is 23.7 Å². The van der Waals surface area contributed by atoms with E-state index >= 15 is 0 Å². The molecule has 0 bridgehead atoms. The fourth-order valence-corrected chi connectivity index (χ4v) is 5.28. The number of aryl methyl sites for hydroxylation is 3. The second-order valence-electron chi connectivity index (χ2n) is 8.94. The number of fused-ring (bicyclic) bond motifs is 1. The Bertz CT molecular complexity index is 1570. The molecule has 38 heavy (non-hydrogen) atoms. The Morgan fingerprint density at radius 3 is 2.39 bits per heavy atom. The average Bonchev–Trinajstić information content (AvgIpc) is 3.48. The van der Waals surface area contributed by atoms with Crippen molar-refractivity contribution in [1.29, 1.82) is 0 Å². The second kappa shape index (κ2) is 10.0. The summed E-state index contributed by atoms with van der Waals surface area (Å²) >= 11 is 6.91. The first kappa shape index (κ1) is 27.6. The zero-order valence-electron chi connectivity index (χ0n) is 21.2. The average molecular weight is 568 g/mol. The van der Waals surface area contributed by atoms with Gasteiger partial charge in [-0.3, -0.25) is 19.0 Å². The minimum absolute atomic E-state index is 0.0145. The van der Waals surface area contributed by atoms with Crippen molar-refractivity contribution in [2.75, 3.05) is 5.32 Å². The van der Waals surface area contributed by atoms with Crippen LogP contribution in [-0.2, 0) is 24.1 Å². The van der Waals surface area contributed by atoms with Crippen molar-refractivity contribution in [3.8, 4) is 11.1 Å². The number of carbonyl (C=O) groups is 2. The lowest BCUT2D eigenvalue weighted by atomic mass is 10.0. The lowest BCUT2D eigenvalue weighted by molar-refractivity contribution is -0.140. The number of pyridine rings is 1. The van der Waals surface area contributed by atoms with Gasteiger partial charge in [-0.05, 0) is 39.3 Å². The highest BCUT2D eigenvalue weighted by Crippen LogP contribution is 2.44. The smallest absolute Gasteiger partial charge is 0.365 e. The number of nitrogens with one attached hydrogen (secondary N) is 1. The van der Waals surface area contributed by atoms with E-state index in [1.54, 1.807) is 43.3 Å². The lowest BCUT2D eigenvalue weighted by Crippen LogP contribution is -2.26. The molecular formula is C24H25ClF3N7O2S. The molecule has 0 spiro atoms. The van der Waals surface area contributed by atoms with E-state index in [1.807, 2.05) is 6.92 Å². The molecule has 9 nitrogen and oxygen atoms in total. The molecule has 14 heteroatoms. The molecule has 0 aromatic carbocycles. The van der Waals surface area contributed by atoms with Gasteiger partial charge < -0.3 is 11.1 Å². The Hall–Kier alpha value is -3.45. The highest BCUT2D eigenvalue weighted by Gasteiger charge is 2.35. The first-order valence-electron chi connectivity index (χ1n) is 11.6. The molecule has 0 fully saturated rings. The van der Waals surface area contributed by atoms with E-state index in [0.29, 0.717) is 45.5 Å². The second-order valence-corrected chi connectivity index (χ2v) is 10.3. The molecule has 4 heterocycles. The number of primary amides is 1. The Labute approximate surface area is 224 Å². The van der Waals surface area contributed by atoms with Gasteiger partial charge in [0.25, 0.3) is 5.91 Å². The van der Waals surface area contributed by atoms with Crippen LogP contribution in [0.15, 0.2) is 12.3 Å². The SMILES string of the molecule is CCn1cc(-c2cc(C(F)(F)F)nc3sc(C(N)=O)c(NC(=O)C(C)Cn4nc(C)c(Cl)c4C)c23)c(C)n1. The number of halogens is 4. The van der Waals surface area contributed by atoms with Gasteiger partial charge in [-0.25, -0.2) is 4.98 Å². The monoisotopic (exact) mass is 567 g/mol. The standard InChI is InChI=1S/C24H25ClF3N7O2S/c1-6-34-9-15(11(3)32-34)14-7-16(24(26,27)28)30-23-17(14)19(20(38-23)21(29)36)31-22(37)10(2)8-35-13(5)18(25)12(4)33-35/h7,9-10H,6,8H2,1-5H3,(H2,29,36)(H,31,37). The molecule has 0 saturated carbocycles. The summed E-state index contributed by atoms with van der Waals surface area (Å²) < 4.78 is 44.5. The van der Waals surface area contributed by atoms with Crippen LogP contribution in [0, 0.1) is 26.7 Å². The molecule has 1 atom stereocenters. The number of hydrogen-bond donors (Lipinski definition) is 2. The molecule has 0 radical (unpaired) electrons. The van der Waals surface area contributed by atoms with E-state index < -0.39 is 29.6 Å². The van der Waals surface area contributed by atoms with Crippen LogP contribution in [0.2, 0.25) is 5.02 Å². The summed E-state index contributed by atoms with van der Waals surface area (Å²) in [6.07, 6.45) is -3.12. The first-order chi connectivity index (χ1) is 17.7. The predicted molar refractivity (Wildman–Crippen MR) is 139 cm³/mol. The number of thiophene rings is 1. The maximum Gasteiger partial charge on any atom is 0.433 e. The summed E-state index contributed by atoms with van der Waals surface area (Å²) in [6, 6.07) is 0.904. The Kier molecular flexibility index (Phi) is 7.28. The summed E-state index contributed by atoms with van der Waals surface area (Å²) in [7, 11) is 0. The molecule has 0 aliphatic heterocycles. The zero-order chi connectivity index (χ0) is 28.1. The number of aromatic nitrogens is 5. The zero-order valence-corrected chi connectivity index (χ0v) is 22.8. The van der Waals surface area contributed by atoms with E-state index in [2.05, 4.69) is 20.5 Å². The van der Waals surface area contributed by atoms with Crippen molar-refractivity contribution in [2.45, 2.75) is 53.9 Å². The van der Waals surface area contributed by atoms with Gasteiger partial charge in [0.2, 0.25) is 5.91 Å². The maximum absolute atomic E-state index is 13.8. The number of carbonyl (C=O) groups excluding carboxylic acids is 2. The van der Waals surface area contributed by atoms with Crippen LogP contribution in [0.1, 0.15) is 46.3 Å². The van der Waals surface area contributed by atoms with E-state index in [9.17, 15) is 22.8 Å². The molecule has 4 rings (SSSR count). The Morgan fingerprint density at radius 1 is 1.18 bits per heavy atom. The van der Waals surface area contributed by atoms with Gasteiger partial charge in [-0.1, -0.05) is 18.5 Å². The number of anilines is 1. The quantitative estimate of drug-likeness (QED) is 0.312. The minimum atomic E-state index is -4.74. The molecule has 202 valence electrons. The van der Waals surface area contributed by atoms with Gasteiger partial charge in [0.15, 0.2) is 0 Å². The van der Waals surface area contributed by atoms with E-state index in [1.165, 1.54) is 0 Å². The van der Waals surface area contributed by atoms with Gasteiger partial charge in [-0.2, -0.15) is 23.4 Å². The number of amides is 2. The molecule has 0 aliphatic rings. The van der Waals surface area contributed by atoms with E-state index in [-0.39, 0.29) is 32.9 Å². The van der Waals surface area contributed by atoms with E-state index in [4.69, 9.17) is 17.3 Å². The normalized spacial score (nSPS) is 12.8. The number of rotatable bonds is 7. The van der Waals surface area contributed by atoms with Crippen molar-refractivity contribution >= 4 is 50.7 Å². The van der Waals surface area contributed by atoms with Crippen molar-refractivity contribution in [3.63, 3.8) is 0 Å². The summed E-state index contributed by atoms with van der Waals surface area (Å²) in [5, 5.41) is 12.1. The number of nitrogens with zero attached hydrogens (tertiary/aromatic N) is 5. The van der Waals surface area contributed by atoms with Crippen LogP contribution in [0.25, 0.3) is 21.3 Å². The van der Waals surface area contributed by atoms with Crippen LogP contribution in [-0.4, -0.2) is 36.4 Å². The fraction of sp³-hybridized carbons (Fsp3) is 0.375. The van der Waals surface area contributed by atoms with Crippen LogP contribution in [0.3, 0.4) is 0 Å². The van der Waals surface area contributed by atoms with Crippen LogP contribution < -0.4 is 11.1 Å².